The van der Waals surface area contributed by atoms with Crippen molar-refractivity contribution in [3.63, 3.8) is 0 Å². The van der Waals surface area contributed by atoms with Gasteiger partial charge >= 0.3 is 6.18 Å². The van der Waals surface area contributed by atoms with Crippen molar-refractivity contribution in [2.75, 3.05) is 29.1 Å². The SMILES string of the molecule is CC[S+]([O-])c1ccc(CC(=O)Nc2ccc(C3CCN(c4ccc(C(F)(F)F)cc4)C3)cc2)cc1. The highest BCUT2D eigenvalue weighted by Gasteiger charge is 2.31. The van der Waals surface area contributed by atoms with Crippen LogP contribution in [0.25, 0.3) is 0 Å². The van der Waals surface area contributed by atoms with Crippen LogP contribution in [-0.4, -0.2) is 29.3 Å². The number of amides is 1. The summed E-state index contributed by atoms with van der Waals surface area (Å²) in [4.78, 5) is 15.3. The van der Waals surface area contributed by atoms with Gasteiger partial charge in [-0.2, -0.15) is 13.2 Å². The van der Waals surface area contributed by atoms with Gasteiger partial charge in [0.1, 0.15) is 5.75 Å². The average molecular weight is 501 g/mol. The molecule has 1 aliphatic heterocycles. The minimum Gasteiger partial charge on any atom is -0.611 e. The molecule has 0 aromatic heterocycles. The molecule has 0 saturated carbocycles. The Balaban J connectivity index is 1.30. The monoisotopic (exact) mass is 500 g/mol. The molecule has 1 heterocycles. The summed E-state index contributed by atoms with van der Waals surface area (Å²) in [5, 5.41) is 2.91. The van der Waals surface area contributed by atoms with Crippen LogP contribution in [0.1, 0.15) is 36.0 Å². The average Bonchev–Trinajstić information content (AvgIpc) is 3.34. The number of carbonyl (C=O) groups excluding carboxylic acids is 1. The number of alkyl halides is 3. The molecule has 35 heavy (non-hydrogen) atoms. The summed E-state index contributed by atoms with van der Waals surface area (Å²) >= 11 is -1.01. The minimum absolute atomic E-state index is 0.128. The molecule has 4 nitrogen and oxygen atoms in total. The van der Waals surface area contributed by atoms with E-state index in [9.17, 15) is 22.5 Å². The van der Waals surface area contributed by atoms with Gasteiger partial charge in [-0.25, -0.2) is 0 Å². The zero-order valence-electron chi connectivity index (χ0n) is 19.3. The molecule has 2 atom stereocenters. The molecular formula is C27H27F3N2O2S. The topological polar surface area (TPSA) is 55.4 Å². The first-order valence-electron chi connectivity index (χ1n) is 11.5. The van der Waals surface area contributed by atoms with Crippen molar-refractivity contribution in [2.45, 2.75) is 36.8 Å². The van der Waals surface area contributed by atoms with Gasteiger partial charge in [0.15, 0.2) is 4.90 Å². The van der Waals surface area contributed by atoms with Crippen LogP contribution in [0.15, 0.2) is 77.7 Å². The lowest BCUT2D eigenvalue weighted by atomic mass is 9.98. The molecule has 1 amide bonds. The van der Waals surface area contributed by atoms with E-state index in [2.05, 4.69) is 10.2 Å². The lowest BCUT2D eigenvalue weighted by Gasteiger charge is -2.19. The summed E-state index contributed by atoms with van der Waals surface area (Å²) in [5.74, 6) is 0.703. The highest BCUT2D eigenvalue weighted by molar-refractivity contribution is 7.91. The molecule has 3 aromatic carbocycles. The smallest absolute Gasteiger partial charge is 0.416 e. The van der Waals surface area contributed by atoms with Crippen LogP contribution in [0.3, 0.4) is 0 Å². The Kier molecular flexibility index (Phi) is 7.72. The van der Waals surface area contributed by atoms with E-state index in [1.165, 1.54) is 12.1 Å². The van der Waals surface area contributed by atoms with Gasteiger partial charge in [0.2, 0.25) is 5.91 Å². The maximum Gasteiger partial charge on any atom is 0.416 e. The van der Waals surface area contributed by atoms with E-state index in [-0.39, 0.29) is 18.2 Å². The number of nitrogens with one attached hydrogen (secondary N) is 1. The van der Waals surface area contributed by atoms with Crippen molar-refractivity contribution < 1.29 is 22.5 Å². The summed E-state index contributed by atoms with van der Waals surface area (Å²) in [6.07, 6.45) is -3.19. The second kappa shape index (κ2) is 10.7. The van der Waals surface area contributed by atoms with Gasteiger partial charge in [-0.15, -0.1) is 0 Å². The maximum atomic E-state index is 12.8. The van der Waals surface area contributed by atoms with E-state index in [0.717, 1.165) is 53.4 Å². The third-order valence-corrected chi connectivity index (χ3v) is 7.55. The van der Waals surface area contributed by atoms with E-state index in [1.807, 2.05) is 43.3 Å². The lowest BCUT2D eigenvalue weighted by molar-refractivity contribution is -0.137. The Morgan fingerprint density at radius 2 is 1.69 bits per heavy atom. The molecule has 0 radical (unpaired) electrons. The molecule has 8 heteroatoms. The van der Waals surface area contributed by atoms with Crippen LogP contribution in [0.4, 0.5) is 24.5 Å². The van der Waals surface area contributed by atoms with E-state index < -0.39 is 22.9 Å². The van der Waals surface area contributed by atoms with E-state index in [0.29, 0.717) is 11.4 Å². The predicted octanol–water partition coefficient (Wildman–Crippen LogP) is 6.01. The van der Waals surface area contributed by atoms with Crippen molar-refractivity contribution >= 4 is 28.5 Å². The molecular weight excluding hydrogens is 473 g/mol. The van der Waals surface area contributed by atoms with Gasteiger partial charge < -0.3 is 14.8 Å². The molecule has 4 rings (SSSR count). The highest BCUT2D eigenvalue weighted by atomic mass is 32.2. The number of carbonyl (C=O) groups is 1. The fourth-order valence-corrected chi connectivity index (χ4v) is 5.06. The molecule has 1 fully saturated rings. The molecule has 184 valence electrons. The first kappa shape index (κ1) is 25.1. The zero-order valence-corrected chi connectivity index (χ0v) is 20.2. The molecule has 3 aromatic rings. The first-order chi connectivity index (χ1) is 16.7. The molecule has 0 aliphatic carbocycles. The Bertz CT molecular complexity index is 1130. The minimum atomic E-state index is -4.33. The normalized spacial score (nSPS) is 16.8. The van der Waals surface area contributed by atoms with Crippen LogP contribution < -0.4 is 10.2 Å². The Labute approximate surface area is 206 Å². The summed E-state index contributed by atoms with van der Waals surface area (Å²) in [6.45, 7) is 3.37. The largest absolute Gasteiger partial charge is 0.611 e. The fraction of sp³-hybridized carbons (Fsp3) is 0.296. The first-order valence-corrected chi connectivity index (χ1v) is 12.8. The van der Waals surface area contributed by atoms with E-state index in [4.69, 9.17) is 0 Å². The van der Waals surface area contributed by atoms with Gasteiger partial charge in [0.25, 0.3) is 0 Å². The van der Waals surface area contributed by atoms with E-state index in [1.54, 1.807) is 12.1 Å². The number of rotatable bonds is 7. The van der Waals surface area contributed by atoms with Crippen molar-refractivity contribution in [2.24, 2.45) is 0 Å². The Hall–Kier alpha value is -2.97. The van der Waals surface area contributed by atoms with Crippen molar-refractivity contribution in [1.29, 1.82) is 0 Å². The predicted molar refractivity (Wildman–Crippen MR) is 133 cm³/mol. The van der Waals surface area contributed by atoms with Gasteiger partial charge in [0.05, 0.1) is 12.0 Å². The van der Waals surface area contributed by atoms with Gasteiger partial charge in [-0.3, -0.25) is 4.79 Å². The fourth-order valence-electron chi connectivity index (χ4n) is 4.28. The number of anilines is 2. The zero-order chi connectivity index (χ0) is 25.0. The molecule has 1 N–H and O–H groups in total. The molecule has 1 saturated heterocycles. The van der Waals surface area contributed by atoms with Crippen molar-refractivity contribution in [3.8, 4) is 0 Å². The molecule has 0 bridgehead atoms. The Morgan fingerprint density at radius 1 is 1.03 bits per heavy atom. The standard InChI is InChI=1S/C27H27F3N2O2S/c1-2-35(34)25-13-3-19(4-14-25)17-26(33)31-23-9-5-20(6-10-23)21-15-16-32(18-21)24-11-7-22(8-12-24)27(28,29)30/h3-14,21H,2,15-18H2,1H3,(H,31,33). The highest BCUT2D eigenvalue weighted by Crippen LogP contribution is 2.34. The number of hydrogen-bond donors (Lipinski definition) is 1. The third-order valence-electron chi connectivity index (χ3n) is 6.23. The number of halogens is 3. The van der Waals surface area contributed by atoms with Gasteiger partial charge in [0, 0.05) is 30.4 Å². The molecule has 0 spiro atoms. The Morgan fingerprint density at radius 3 is 2.29 bits per heavy atom. The van der Waals surface area contributed by atoms with Gasteiger partial charge in [-0.05, 0) is 84.2 Å². The summed E-state index contributed by atoms with van der Waals surface area (Å²) in [6, 6.07) is 20.3. The molecule has 2 unspecified atom stereocenters. The van der Waals surface area contributed by atoms with Crippen LogP contribution in [-0.2, 0) is 28.6 Å². The summed E-state index contributed by atoms with van der Waals surface area (Å²) < 4.78 is 50.3. The van der Waals surface area contributed by atoms with Crippen molar-refractivity contribution in [1.82, 2.24) is 0 Å². The lowest BCUT2D eigenvalue weighted by Crippen LogP contribution is -2.19. The van der Waals surface area contributed by atoms with Crippen LogP contribution in [0.2, 0.25) is 0 Å². The van der Waals surface area contributed by atoms with Crippen LogP contribution >= 0.6 is 0 Å². The maximum absolute atomic E-state index is 12.8. The second-order valence-electron chi connectivity index (χ2n) is 8.60. The van der Waals surface area contributed by atoms with Gasteiger partial charge in [-0.1, -0.05) is 24.3 Å². The summed E-state index contributed by atoms with van der Waals surface area (Å²) in [7, 11) is 0. The van der Waals surface area contributed by atoms with Crippen LogP contribution in [0.5, 0.6) is 0 Å². The van der Waals surface area contributed by atoms with Crippen LogP contribution in [0, 0.1) is 0 Å². The quantitative estimate of drug-likeness (QED) is 0.405. The second-order valence-corrected chi connectivity index (χ2v) is 10.3. The third kappa shape index (κ3) is 6.38. The summed E-state index contributed by atoms with van der Waals surface area (Å²) in [5.41, 5.74) is 2.85. The van der Waals surface area contributed by atoms with Crippen molar-refractivity contribution in [3.05, 3.63) is 89.5 Å². The number of benzene rings is 3. The van der Waals surface area contributed by atoms with E-state index >= 15 is 0 Å². The molecule has 1 aliphatic rings. The number of nitrogens with zero attached hydrogens (tertiary/aromatic N) is 1. The number of hydrogen-bond acceptors (Lipinski definition) is 3.